The van der Waals surface area contributed by atoms with Crippen LogP contribution in [-0.4, -0.2) is 28.6 Å². The lowest BCUT2D eigenvalue weighted by Crippen LogP contribution is -2.22. The number of nitrogens with zero attached hydrogens (tertiary/aromatic N) is 3. The first-order valence-electron chi connectivity index (χ1n) is 5.99. The van der Waals surface area contributed by atoms with E-state index in [4.69, 9.17) is 9.47 Å². The molecule has 0 N–H and O–H groups in total. The van der Waals surface area contributed by atoms with Crippen molar-refractivity contribution in [2.75, 3.05) is 14.2 Å². The van der Waals surface area contributed by atoms with E-state index >= 15 is 0 Å². The number of ether oxygens (including phenoxy) is 2. The third-order valence-electron chi connectivity index (χ3n) is 2.93. The molecule has 6 heteroatoms. The van der Waals surface area contributed by atoms with Crippen LogP contribution in [0.2, 0.25) is 0 Å². The van der Waals surface area contributed by atoms with E-state index in [0.717, 1.165) is 0 Å². The molecule has 0 aliphatic carbocycles. The van der Waals surface area contributed by atoms with Gasteiger partial charge in [0.05, 0.1) is 19.9 Å². The van der Waals surface area contributed by atoms with Gasteiger partial charge in [-0.05, 0) is 12.1 Å². The van der Waals surface area contributed by atoms with Gasteiger partial charge in [-0.3, -0.25) is 0 Å². The normalized spacial score (nSPS) is 10.5. The monoisotopic (exact) mass is 263 g/mol. The number of rotatable bonds is 4. The van der Waals surface area contributed by atoms with Crippen molar-refractivity contribution < 1.29 is 9.47 Å². The molecule has 1 aromatic heterocycles. The molecule has 19 heavy (non-hydrogen) atoms. The lowest BCUT2D eigenvalue weighted by atomic mass is 10.2. The molecule has 0 aliphatic rings. The molecule has 0 amide bonds. The summed E-state index contributed by atoms with van der Waals surface area (Å²) < 4.78 is 13.3. The zero-order valence-electron chi connectivity index (χ0n) is 11.5. The fourth-order valence-corrected chi connectivity index (χ4v) is 1.97. The van der Waals surface area contributed by atoms with Crippen LogP contribution in [-0.2, 0) is 13.5 Å². The summed E-state index contributed by atoms with van der Waals surface area (Å²) in [4.78, 5) is 12.1. The van der Waals surface area contributed by atoms with Crippen LogP contribution < -0.4 is 15.2 Å². The molecule has 1 aromatic carbocycles. The second-order valence-corrected chi connectivity index (χ2v) is 4.05. The van der Waals surface area contributed by atoms with Crippen LogP contribution in [0.25, 0.3) is 5.69 Å². The second-order valence-electron chi connectivity index (χ2n) is 4.05. The van der Waals surface area contributed by atoms with Crippen molar-refractivity contribution in [2.45, 2.75) is 13.3 Å². The largest absolute Gasteiger partial charge is 0.493 e. The highest BCUT2D eigenvalue weighted by molar-refractivity contribution is 5.49. The fraction of sp³-hybridized carbons (Fsp3) is 0.385. The van der Waals surface area contributed by atoms with Gasteiger partial charge in [-0.15, -0.1) is 0 Å². The van der Waals surface area contributed by atoms with Gasteiger partial charge in [0.15, 0.2) is 11.5 Å². The quantitative estimate of drug-likeness (QED) is 0.830. The molecule has 0 unspecified atom stereocenters. The molecule has 2 rings (SSSR count). The van der Waals surface area contributed by atoms with Crippen molar-refractivity contribution in [2.24, 2.45) is 7.05 Å². The van der Waals surface area contributed by atoms with Crippen molar-refractivity contribution in [3.05, 3.63) is 34.5 Å². The van der Waals surface area contributed by atoms with Crippen LogP contribution in [0.5, 0.6) is 11.5 Å². The summed E-state index contributed by atoms with van der Waals surface area (Å²) in [6.45, 7) is 1.96. The summed E-state index contributed by atoms with van der Waals surface area (Å²) in [6, 6.07) is 5.34. The SMILES string of the molecule is CCc1nn(C)c(=O)n1-c1ccc(OC)c(OC)c1. The lowest BCUT2D eigenvalue weighted by molar-refractivity contribution is 0.355. The first kappa shape index (κ1) is 13.2. The number of benzene rings is 1. The van der Waals surface area contributed by atoms with E-state index in [1.54, 1.807) is 38.0 Å². The van der Waals surface area contributed by atoms with Gasteiger partial charge >= 0.3 is 5.69 Å². The number of aromatic nitrogens is 3. The van der Waals surface area contributed by atoms with Gasteiger partial charge in [-0.25, -0.2) is 14.0 Å². The molecule has 0 bridgehead atoms. The lowest BCUT2D eigenvalue weighted by Gasteiger charge is -2.10. The topological polar surface area (TPSA) is 58.3 Å². The molecule has 1 heterocycles. The standard InChI is InChI=1S/C13H17N3O3/c1-5-12-14-15(2)13(17)16(12)9-6-7-10(18-3)11(8-9)19-4/h6-8H,5H2,1-4H3. The van der Waals surface area contributed by atoms with E-state index < -0.39 is 0 Å². The van der Waals surface area contributed by atoms with Gasteiger partial charge < -0.3 is 9.47 Å². The van der Waals surface area contributed by atoms with Crippen LogP contribution in [0.15, 0.2) is 23.0 Å². The Hall–Kier alpha value is -2.24. The van der Waals surface area contributed by atoms with Gasteiger partial charge in [0, 0.05) is 19.5 Å². The molecule has 2 aromatic rings. The average molecular weight is 263 g/mol. The van der Waals surface area contributed by atoms with E-state index in [-0.39, 0.29) is 5.69 Å². The van der Waals surface area contributed by atoms with Gasteiger partial charge in [0.2, 0.25) is 0 Å². The van der Waals surface area contributed by atoms with Gasteiger partial charge in [0.25, 0.3) is 0 Å². The van der Waals surface area contributed by atoms with Gasteiger partial charge in [-0.1, -0.05) is 6.92 Å². The summed E-state index contributed by atoms with van der Waals surface area (Å²) in [5, 5.41) is 4.20. The van der Waals surface area contributed by atoms with Crippen LogP contribution >= 0.6 is 0 Å². The highest BCUT2D eigenvalue weighted by Gasteiger charge is 2.13. The minimum atomic E-state index is -0.177. The zero-order valence-corrected chi connectivity index (χ0v) is 11.5. The van der Waals surface area contributed by atoms with Crippen LogP contribution in [0, 0.1) is 0 Å². The summed E-state index contributed by atoms with van der Waals surface area (Å²) in [5.41, 5.74) is 0.539. The number of hydrogen-bond acceptors (Lipinski definition) is 4. The third kappa shape index (κ3) is 2.21. The molecule has 0 aliphatic heterocycles. The molecule has 0 radical (unpaired) electrons. The van der Waals surface area contributed by atoms with Gasteiger partial charge in [-0.2, -0.15) is 5.10 Å². The Balaban J connectivity index is 2.62. The molecular weight excluding hydrogens is 246 g/mol. The molecule has 0 spiro atoms. The molecule has 0 fully saturated rings. The van der Waals surface area contributed by atoms with Crippen molar-refractivity contribution in [3.63, 3.8) is 0 Å². The molecule has 6 nitrogen and oxygen atoms in total. The second kappa shape index (κ2) is 5.17. The highest BCUT2D eigenvalue weighted by Crippen LogP contribution is 2.28. The average Bonchev–Trinajstić information content (AvgIpc) is 2.73. The predicted molar refractivity (Wildman–Crippen MR) is 71.3 cm³/mol. The molecule has 0 saturated carbocycles. The van der Waals surface area contributed by atoms with E-state index in [1.165, 1.54) is 4.68 Å². The highest BCUT2D eigenvalue weighted by atomic mass is 16.5. The number of methoxy groups -OCH3 is 2. The van der Waals surface area contributed by atoms with Crippen molar-refractivity contribution in [1.29, 1.82) is 0 Å². The maximum atomic E-state index is 12.1. The maximum Gasteiger partial charge on any atom is 0.350 e. The van der Waals surface area contributed by atoms with Crippen LogP contribution in [0.1, 0.15) is 12.7 Å². The Morgan fingerprint density at radius 2 is 1.89 bits per heavy atom. The Kier molecular flexibility index (Phi) is 3.59. The Morgan fingerprint density at radius 3 is 2.47 bits per heavy atom. The zero-order chi connectivity index (χ0) is 14.0. The smallest absolute Gasteiger partial charge is 0.350 e. The number of hydrogen-bond donors (Lipinski definition) is 0. The Morgan fingerprint density at radius 1 is 1.21 bits per heavy atom. The number of aryl methyl sites for hydroxylation is 2. The Bertz CT molecular complexity index is 643. The van der Waals surface area contributed by atoms with Crippen LogP contribution in [0.4, 0.5) is 0 Å². The van der Waals surface area contributed by atoms with Crippen LogP contribution in [0.3, 0.4) is 0 Å². The molecule has 0 atom stereocenters. The first-order chi connectivity index (χ1) is 9.12. The van der Waals surface area contributed by atoms with Crippen molar-refractivity contribution >= 4 is 0 Å². The summed E-state index contributed by atoms with van der Waals surface area (Å²) in [7, 11) is 4.78. The van der Waals surface area contributed by atoms with E-state index in [2.05, 4.69) is 5.10 Å². The minimum absolute atomic E-state index is 0.177. The first-order valence-corrected chi connectivity index (χ1v) is 5.99. The summed E-state index contributed by atoms with van der Waals surface area (Å²) in [6.07, 6.45) is 0.671. The van der Waals surface area contributed by atoms with Crippen molar-refractivity contribution in [3.8, 4) is 17.2 Å². The van der Waals surface area contributed by atoms with E-state index in [0.29, 0.717) is 29.4 Å². The molecular formula is C13H17N3O3. The maximum absolute atomic E-state index is 12.1. The van der Waals surface area contributed by atoms with E-state index in [9.17, 15) is 4.79 Å². The third-order valence-corrected chi connectivity index (χ3v) is 2.93. The fourth-order valence-electron chi connectivity index (χ4n) is 1.97. The molecule has 102 valence electrons. The summed E-state index contributed by atoms with van der Waals surface area (Å²) >= 11 is 0. The van der Waals surface area contributed by atoms with Crippen molar-refractivity contribution in [1.82, 2.24) is 14.3 Å². The Labute approximate surface area is 111 Å². The predicted octanol–water partition coefficient (Wildman–Crippen LogP) is 1.15. The summed E-state index contributed by atoms with van der Waals surface area (Å²) in [5.74, 6) is 1.92. The van der Waals surface area contributed by atoms with E-state index in [1.807, 2.05) is 13.0 Å². The van der Waals surface area contributed by atoms with Gasteiger partial charge in [0.1, 0.15) is 5.82 Å². The minimum Gasteiger partial charge on any atom is -0.493 e. The molecule has 0 saturated heterocycles.